The first-order valence-corrected chi connectivity index (χ1v) is 3.14. The highest BCUT2D eigenvalue weighted by molar-refractivity contribution is 6.30. The lowest BCUT2D eigenvalue weighted by molar-refractivity contribution is -0.137. The van der Waals surface area contributed by atoms with Crippen LogP contribution in [0.1, 0.15) is 5.56 Å². The molecule has 0 aliphatic heterocycles. The van der Waals surface area contributed by atoms with Crippen molar-refractivity contribution in [2.45, 2.75) is 6.18 Å². The van der Waals surface area contributed by atoms with Crippen molar-refractivity contribution in [2.75, 3.05) is 5.73 Å². The zero-order valence-corrected chi connectivity index (χ0v) is 6.32. The van der Waals surface area contributed by atoms with Gasteiger partial charge in [0, 0.05) is 6.20 Å². The van der Waals surface area contributed by atoms with Crippen LogP contribution in [0.2, 0.25) is 5.15 Å². The first-order chi connectivity index (χ1) is 5.41. The highest BCUT2D eigenvalue weighted by Gasteiger charge is 2.34. The Morgan fingerprint density at radius 1 is 1.42 bits per heavy atom. The number of rotatable bonds is 0. The average Bonchev–Trinajstić information content (AvgIpc) is 1.83. The summed E-state index contributed by atoms with van der Waals surface area (Å²) in [7, 11) is 0. The average molecular weight is 198 g/mol. The van der Waals surface area contributed by atoms with Gasteiger partial charge in [0.2, 0.25) is 5.95 Å². The van der Waals surface area contributed by atoms with Crippen LogP contribution in [0.25, 0.3) is 0 Å². The van der Waals surface area contributed by atoms with Crippen molar-refractivity contribution in [3.8, 4) is 0 Å². The van der Waals surface area contributed by atoms with Gasteiger partial charge in [-0.05, 0) is 0 Å². The van der Waals surface area contributed by atoms with Crippen molar-refractivity contribution >= 4 is 17.5 Å². The van der Waals surface area contributed by atoms with Gasteiger partial charge in [-0.25, -0.2) is 9.97 Å². The summed E-state index contributed by atoms with van der Waals surface area (Å²) >= 11 is 5.16. The number of nitrogens with zero attached hydrogens (tertiary/aromatic N) is 2. The summed E-state index contributed by atoms with van der Waals surface area (Å²) in [5, 5.41) is -0.685. The molecule has 0 saturated heterocycles. The SMILES string of the molecule is Nc1ncc(C(F)(F)F)c(Cl)n1. The number of alkyl halides is 3. The van der Waals surface area contributed by atoms with Crippen LogP contribution in [0, 0.1) is 0 Å². The molecule has 3 nitrogen and oxygen atoms in total. The van der Waals surface area contributed by atoms with E-state index in [1.54, 1.807) is 0 Å². The molecule has 0 atom stereocenters. The van der Waals surface area contributed by atoms with Crippen molar-refractivity contribution < 1.29 is 13.2 Å². The van der Waals surface area contributed by atoms with Crippen LogP contribution >= 0.6 is 11.6 Å². The maximum Gasteiger partial charge on any atom is 0.420 e. The number of nitrogens with two attached hydrogens (primary N) is 1. The minimum atomic E-state index is -4.54. The molecule has 0 saturated carbocycles. The lowest BCUT2D eigenvalue weighted by atomic mass is 10.3. The minimum Gasteiger partial charge on any atom is -0.368 e. The van der Waals surface area contributed by atoms with E-state index in [0.717, 1.165) is 0 Å². The Balaban J connectivity index is 3.19. The van der Waals surface area contributed by atoms with Crippen LogP contribution in [0.3, 0.4) is 0 Å². The van der Waals surface area contributed by atoms with Gasteiger partial charge in [-0.2, -0.15) is 13.2 Å². The van der Waals surface area contributed by atoms with Crippen LogP contribution < -0.4 is 5.73 Å². The summed E-state index contributed by atoms with van der Waals surface area (Å²) < 4.78 is 35.9. The van der Waals surface area contributed by atoms with Gasteiger partial charge in [-0.1, -0.05) is 11.6 Å². The molecule has 0 unspecified atom stereocenters. The third kappa shape index (κ3) is 1.76. The number of hydrogen-bond acceptors (Lipinski definition) is 3. The Kier molecular flexibility index (Phi) is 2.10. The minimum absolute atomic E-state index is 0.284. The maximum atomic E-state index is 12.0. The van der Waals surface area contributed by atoms with Gasteiger partial charge in [-0.15, -0.1) is 0 Å². The maximum absolute atomic E-state index is 12.0. The van der Waals surface area contributed by atoms with Crippen LogP contribution in [0.4, 0.5) is 19.1 Å². The Labute approximate surface area is 70.4 Å². The zero-order valence-electron chi connectivity index (χ0n) is 5.56. The summed E-state index contributed by atoms with van der Waals surface area (Å²) in [5.41, 5.74) is 3.91. The molecule has 0 aliphatic rings. The Morgan fingerprint density at radius 3 is 2.42 bits per heavy atom. The summed E-state index contributed by atoms with van der Waals surface area (Å²) in [5.74, 6) is -0.284. The lowest BCUT2D eigenvalue weighted by Crippen LogP contribution is -2.09. The molecular weight excluding hydrogens is 195 g/mol. The first-order valence-electron chi connectivity index (χ1n) is 2.76. The summed E-state index contributed by atoms with van der Waals surface area (Å²) in [6.45, 7) is 0. The molecule has 66 valence electrons. The Morgan fingerprint density at radius 2 is 2.00 bits per heavy atom. The van der Waals surface area contributed by atoms with Gasteiger partial charge >= 0.3 is 6.18 Å². The Hall–Kier alpha value is -1.04. The van der Waals surface area contributed by atoms with E-state index in [0.29, 0.717) is 6.20 Å². The fourth-order valence-corrected chi connectivity index (χ4v) is 0.806. The second-order valence-corrected chi connectivity index (χ2v) is 2.29. The van der Waals surface area contributed by atoms with Gasteiger partial charge in [-0.3, -0.25) is 0 Å². The van der Waals surface area contributed by atoms with Crippen molar-refractivity contribution in [2.24, 2.45) is 0 Å². The molecule has 1 rings (SSSR count). The van der Waals surface area contributed by atoms with Crippen molar-refractivity contribution in [1.29, 1.82) is 0 Å². The van der Waals surface area contributed by atoms with E-state index >= 15 is 0 Å². The van der Waals surface area contributed by atoms with Gasteiger partial charge in [0.25, 0.3) is 0 Å². The lowest BCUT2D eigenvalue weighted by Gasteiger charge is -2.06. The topological polar surface area (TPSA) is 51.8 Å². The molecule has 1 heterocycles. The van der Waals surface area contributed by atoms with E-state index in [-0.39, 0.29) is 5.95 Å². The normalized spacial score (nSPS) is 11.7. The van der Waals surface area contributed by atoms with E-state index < -0.39 is 16.9 Å². The molecule has 1 aromatic rings. The number of halogens is 4. The fraction of sp³-hybridized carbons (Fsp3) is 0.200. The second kappa shape index (κ2) is 2.78. The highest BCUT2D eigenvalue weighted by atomic mass is 35.5. The second-order valence-electron chi connectivity index (χ2n) is 1.93. The van der Waals surface area contributed by atoms with E-state index in [9.17, 15) is 13.2 Å². The number of anilines is 1. The standard InChI is InChI=1S/C5H3ClF3N3/c6-3-2(5(7,8)9)1-11-4(10)12-3/h1H,(H2,10,11,12). The molecule has 0 fully saturated rings. The van der Waals surface area contributed by atoms with Crippen LogP contribution in [-0.2, 0) is 6.18 Å². The van der Waals surface area contributed by atoms with Crippen molar-refractivity contribution in [1.82, 2.24) is 9.97 Å². The van der Waals surface area contributed by atoms with Gasteiger partial charge in [0.1, 0.15) is 10.7 Å². The molecule has 7 heteroatoms. The van der Waals surface area contributed by atoms with Gasteiger partial charge < -0.3 is 5.73 Å². The van der Waals surface area contributed by atoms with Crippen molar-refractivity contribution in [3.63, 3.8) is 0 Å². The van der Waals surface area contributed by atoms with Gasteiger partial charge in [0.15, 0.2) is 0 Å². The Bertz CT molecular complexity index is 298. The third-order valence-electron chi connectivity index (χ3n) is 1.07. The van der Waals surface area contributed by atoms with E-state index in [1.165, 1.54) is 0 Å². The summed E-state index contributed by atoms with van der Waals surface area (Å²) in [6.07, 6.45) is -3.99. The molecule has 0 radical (unpaired) electrons. The fourth-order valence-electron chi connectivity index (χ4n) is 0.564. The molecule has 2 N–H and O–H groups in total. The number of hydrogen-bond donors (Lipinski definition) is 1. The van der Waals surface area contributed by atoms with E-state index in [4.69, 9.17) is 17.3 Å². The molecule has 0 bridgehead atoms. The molecule has 1 aromatic heterocycles. The van der Waals surface area contributed by atoms with E-state index in [1.807, 2.05) is 0 Å². The zero-order chi connectivity index (χ0) is 9.35. The van der Waals surface area contributed by atoms with E-state index in [2.05, 4.69) is 9.97 Å². The van der Waals surface area contributed by atoms with Crippen LogP contribution in [0.5, 0.6) is 0 Å². The smallest absolute Gasteiger partial charge is 0.368 e. The predicted octanol–water partition coefficient (Wildman–Crippen LogP) is 1.73. The molecule has 0 aromatic carbocycles. The molecular formula is C5H3ClF3N3. The monoisotopic (exact) mass is 197 g/mol. The predicted molar refractivity (Wildman–Crippen MR) is 36.5 cm³/mol. The number of nitrogen functional groups attached to an aromatic ring is 1. The van der Waals surface area contributed by atoms with Gasteiger partial charge in [0.05, 0.1) is 0 Å². The number of aromatic nitrogens is 2. The molecule has 0 aliphatic carbocycles. The summed E-state index contributed by atoms with van der Waals surface area (Å²) in [4.78, 5) is 6.32. The molecule has 0 spiro atoms. The molecule has 0 amide bonds. The first kappa shape index (κ1) is 9.05. The quantitative estimate of drug-likeness (QED) is 0.645. The largest absolute Gasteiger partial charge is 0.420 e. The highest BCUT2D eigenvalue weighted by Crippen LogP contribution is 2.32. The van der Waals surface area contributed by atoms with Crippen LogP contribution in [0.15, 0.2) is 6.20 Å². The van der Waals surface area contributed by atoms with Crippen LogP contribution in [-0.4, -0.2) is 9.97 Å². The summed E-state index contributed by atoms with van der Waals surface area (Å²) in [6, 6.07) is 0. The third-order valence-corrected chi connectivity index (χ3v) is 1.35. The molecule has 12 heavy (non-hydrogen) atoms. The van der Waals surface area contributed by atoms with Crippen molar-refractivity contribution in [3.05, 3.63) is 16.9 Å².